The molecule has 0 spiro atoms. The molecule has 0 N–H and O–H groups in total. The van der Waals surface area contributed by atoms with E-state index in [-0.39, 0.29) is 11.2 Å². The summed E-state index contributed by atoms with van der Waals surface area (Å²) in [5.41, 5.74) is 3.98. The minimum absolute atomic E-state index is 0.0319. The van der Waals surface area contributed by atoms with Crippen LogP contribution < -0.4 is 0 Å². The second kappa shape index (κ2) is 7.79. The van der Waals surface area contributed by atoms with E-state index >= 15 is 0 Å². The Labute approximate surface area is 141 Å². The normalized spacial score (nSPS) is 18.1. The number of aryl methyl sites for hydroxylation is 3. The monoisotopic (exact) mass is 334 g/mol. The summed E-state index contributed by atoms with van der Waals surface area (Å²) < 4.78 is 13.8. The molecule has 0 bridgehead atoms. The molecule has 23 heavy (non-hydrogen) atoms. The van der Waals surface area contributed by atoms with Gasteiger partial charge >= 0.3 is 0 Å². The van der Waals surface area contributed by atoms with Crippen LogP contribution in [0, 0.1) is 20.8 Å². The third kappa shape index (κ3) is 3.97. The zero-order valence-electron chi connectivity index (χ0n) is 15.2. The third-order valence-electron chi connectivity index (χ3n) is 5.24. The Bertz CT molecular complexity index is 589. The van der Waals surface area contributed by atoms with Crippen LogP contribution in [0.5, 0.6) is 0 Å². The lowest BCUT2D eigenvalue weighted by atomic mass is 10.0. The van der Waals surface area contributed by atoms with E-state index in [1.807, 2.05) is 32.9 Å². The fraction of sp³-hybridized carbons (Fsp3) is 0.650. The first-order chi connectivity index (χ1) is 10.9. The van der Waals surface area contributed by atoms with E-state index in [1.165, 1.54) is 5.56 Å². The number of rotatable bonds is 7. The Balaban J connectivity index is 2.38. The highest BCUT2D eigenvalue weighted by molar-refractivity contribution is 7.81. The van der Waals surface area contributed by atoms with Gasteiger partial charge in [0.25, 0.3) is 0 Å². The fourth-order valence-corrected chi connectivity index (χ4v) is 7.60. The van der Waals surface area contributed by atoms with E-state index in [2.05, 4.69) is 6.92 Å². The van der Waals surface area contributed by atoms with Crippen molar-refractivity contribution in [3.63, 3.8) is 0 Å². The summed E-state index contributed by atoms with van der Waals surface area (Å²) in [5.74, 6) is 0. The average molecular weight is 334 g/mol. The molecule has 1 fully saturated rings. The number of carbonyl (C=O) groups excluding carboxylic acids is 1. The summed E-state index contributed by atoms with van der Waals surface area (Å²) in [5, 5.41) is 0. The molecule has 1 aliphatic rings. The highest BCUT2D eigenvalue weighted by Gasteiger charge is 2.42. The van der Waals surface area contributed by atoms with Crippen LogP contribution in [0.1, 0.15) is 78.9 Å². The lowest BCUT2D eigenvalue weighted by molar-refractivity contribution is 0.107. The van der Waals surface area contributed by atoms with Gasteiger partial charge in [0.1, 0.15) is 0 Å². The number of unbranched alkanes of at least 4 members (excludes halogenated alkanes) is 2. The topological polar surface area (TPSA) is 34.1 Å². The predicted octanol–water partition coefficient (Wildman–Crippen LogP) is 6.25. The van der Waals surface area contributed by atoms with Crippen LogP contribution in [-0.4, -0.2) is 17.3 Å². The van der Waals surface area contributed by atoms with Crippen molar-refractivity contribution in [1.82, 2.24) is 0 Å². The van der Waals surface area contributed by atoms with Crippen LogP contribution in [0.3, 0.4) is 0 Å². The molecule has 1 aliphatic carbocycles. The lowest BCUT2D eigenvalue weighted by Crippen LogP contribution is -2.17. The van der Waals surface area contributed by atoms with Gasteiger partial charge in [-0.2, -0.15) is 0 Å². The van der Waals surface area contributed by atoms with Gasteiger partial charge in [-0.15, -0.1) is 0 Å². The van der Waals surface area contributed by atoms with Gasteiger partial charge in [0, 0.05) is 17.4 Å². The third-order valence-corrected chi connectivity index (χ3v) is 8.83. The predicted molar refractivity (Wildman–Crippen MR) is 99.2 cm³/mol. The zero-order chi connectivity index (χ0) is 17.0. The molecular formula is C20H31O2P. The van der Waals surface area contributed by atoms with Crippen molar-refractivity contribution in [1.29, 1.82) is 0 Å². The van der Waals surface area contributed by atoms with Gasteiger partial charge in [0.05, 0.1) is 0 Å². The van der Waals surface area contributed by atoms with Crippen molar-refractivity contribution >= 4 is 12.7 Å². The Morgan fingerprint density at radius 1 is 1.09 bits per heavy atom. The first-order valence-corrected chi connectivity index (χ1v) is 11.1. The molecule has 0 saturated heterocycles. The fourth-order valence-electron chi connectivity index (χ4n) is 4.07. The van der Waals surface area contributed by atoms with E-state index in [9.17, 15) is 9.36 Å². The number of hydrogen-bond acceptors (Lipinski definition) is 2. The van der Waals surface area contributed by atoms with Gasteiger partial charge in [-0.25, -0.2) is 0 Å². The van der Waals surface area contributed by atoms with Crippen LogP contribution in [0.15, 0.2) is 12.1 Å². The average Bonchev–Trinajstić information content (AvgIpc) is 3.00. The smallest absolute Gasteiger partial charge is 0.222 e. The standard InChI is InChI=1S/C20H31O2P/c1-5-6-9-12-23(22,18-10-7-8-11-18)20(21)19-16(3)13-15(2)14-17(19)4/h13-14,18H,5-12H2,1-4H3. The lowest BCUT2D eigenvalue weighted by Gasteiger charge is -2.25. The summed E-state index contributed by atoms with van der Waals surface area (Å²) in [6.45, 7) is 8.17. The van der Waals surface area contributed by atoms with Crippen LogP contribution in [0.4, 0.5) is 0 Å². The van der Waals surface area contributed by atoms with Crippen LogP contribution >= 0.6 is 7.14 Å². The maximum Gasteiger partial charge on any atom is 0.222 e. The van der Waals surface area contributed by atoms with Gasteiger partial charge in [0.2, 0.25) is 5.52 Å². The molecule has 1 unspecified atom stereocenters. The maximum atomic E-state index is 13.8. The molecule has 0 amide bonds. The summed E-state index contributed by atoms with van der Waals surface area (Å²) >= 11 is 0. The second-order valence-corrected chi connectivity index (χ2v) is 10.4. The van der Waals surface area contributed by atoms with E-state index < -0.39 is 7.14 Å². The maximum absolute atomic E-state index is 13.8. The van der Waals surface area contributed by atoms with Gasteiger partial charge in [-0.05, 0) is 51.2 Å². The van der Waals surface area contributed by atoms with Gasteiger partial charge < -0.3 is 4.57 Å². The van der Waals surface area contributed by atoms with Crippen molar-refractivity contribution in [2.45, 2.75) is 78.3 Å². The molecule has 0 aromatic heterocycles. The highest BCUT2D eigenvalue weighted by Crippen LogP contribution is 2.59. The molecule has 3 heteroatoms. The molecule has 0 radical (unpaired) electrons. The van der Waals surface area contributed by atoms with Crippen LogP contribution in [0.25, 0.3) is 0 Å². The minimum Gasteiger partial charge on any atom is -0.315 e. The largest absolute Gasteiger partial charge is 0.315 e. The van der Waals surface area contributed by atoms with E-state index in [0.717, 1.165) is 61.6 Å². The van der Waals surface area contributed by atoms with Gasteiger partial charge in [-0.1, -0.05) is 50.3 Å². The zero-order valence-corrected chi connectivity index (χ0v) is 16.0. The van der Waals surface area contributed by atoms with E-state index in [0.29, 0.717) is 6.16 Å². The van der Waals surface area contributed by atoms with Crippen molar-refractivity contribution in [3.05, 3.63) is 34.4 Å². The van der Waals surface area contributed by atoms with Crippen LogP contribution in [-0.2, 0) is 4.57 Å². The number of carbonyl (C=O) groups is 1. The minimum atomic E-state index is -2.82. The molecule has 0 aliphatic heterocycles. The molecule has 1 aromatic carbocycles. The van der Waals surface area contributed by atoms with Crippen molar-refractivity contribution in [3.8, 4) is 0 Å². The summed E-state index contributed by atoms with van der Waals surface area (Å²) in [7, 11) is -2.82. The van der Waals surface area contributed by atoms with E-state index in [1.54, 1.807) is 0 Å². The Kier molecular flexibility index (Phi) is 6.26. The molecular weight excluding hydrogens is 303 g/mol. The molecule has 1 aromatic rings. The van der Waals surface area contributed by atoms with Gasteiger partial charge in [0.15, 0.2) is 7.14 Å². The summed E-state index contributed by atoms with van der Waals surface area (Å²) in [6.07, 6.45) is 7.88. The Morgan fingerprint density at radius 3 is 2.17 bits per heavy atom. The van der Waals surface area contributed by atoms with Crippen LogP contribution in [0.2, 0.25) is 0 Å². The van der Waals surface area contributed by atoms with E-state index in [4.69, 9.17) is 0 Å². The van der Waals surface area contributed by atoms with Crippen molar-refractivity contribution in [2.24, 2.45) is 0 Å². The summed E-state index contributed by atoms with van der Waals surface area (Å²) in [4.78, 5) is 13.3. The molecule has 0 heterocycles. The van der Waals surface area contributed by atoms with Crippen molar-refractivity contribution < 1.29 is 9.36 Å². The Morgan fingerprint density at radius 2 is 1.65 bits per heavy atom. The van der Waals surface area contributed by atoms with Gasteiger partial charge in [-0.3, -0.25) is 4.79 Å². The quantitative estimate of drug-likeness (QED) is 0.436. The first-order valence-electron chi connectivity index (χ1n) is 9.11. The molecule has 128 valence electrons. The molecule has 2 nitrogen and oxygen atoms in total. The Hall–Kier alpha value is -0.880. The molecule has 1 saturated carbocycles. The second-order valence-electron chi connectivity index (χ2n) is 7.24. The molecule has 2 rings (SSSR count). The SMILES string of the molecule is CCCCCP(=O)(C(=O)c1c(C)cc(C)cc1C)C1CCCC1. The first kappa shape index (κ1) is 18.5. The number of hydrogen-bond donors (Lipinski definition) is 0. The number of benzene rings is 1. The highest BCUT2D eigenvalue weighted by atomic mass is 31.2. The molecule has 1 atom stereocenters. The summed E-state index contributed by atoms with van der Waals surface area (Å²) in [6, 6.07) is 4.09. The van der Waals surface area contributed by atoms with Crippen molar-refractivity contribution in [2.75, 3.05) is 6.16 Å².